The molecule has 0 aliphatic carbocycles. The van der Waals surface area contributed by atoms with Crippen LogP contribution in [0.15, 0.2) is 65.9 Å². The monoisotopic (exact) mass is 300 g/mol. The van der Waals surface area contributed by atoms with Crippen molar-refractivity contribution in [1.29, 1.82) is 0 Å². The number of nitrogens with zero attached hydrogens (tertiary/aromatic N) is 4. The molecule has 4 nitrogen and oxygen atoms in total. The van der Waals surface area contributed by atoms with Gasteiger partial charge < -0.3 is 0 Å². The van der Waals surface area contributed by atoms with Gasteiger partial charge in [-0.15, -0.1) is 0 Å². The molecular formula is C19H16N4. The zero-order chi connectivity index (χ0) is 15.5. The maximum absolute atomic E-state index is 4.75. The van der Waals surface area contributed by atoms with Gasteiger partial charge in [-0.1, -0.05) is 36.4 Å². The molecule has 112 valence electrons. The van der Waals surface area contributed by atoms with E-state index in [1.54, 1.807) is 6.20 Å². The second kappa shape index (κ2) is 6.08. The Balaban J connectivity index is 1.45. The van der Waals surface area contributed by atoms with Crippen LogP contribution >= 0.6 is 0 Å². The Morgan fingerprint density at radius 1 is 0.913 bits per heavy atom. The molecule has 3 heterocycles. The van der Waals surface area contributed by atoms with Gasteiger partial charge >= 0.3 is 0 Å². The smallest absolute Gasteiger partial charge is 0.178 e. The van der Waals surface area contributed by atoms with Crippen LogP contribution in [0.3, 0.4) is 0 Å². The number of aromatic nitrogens is 3. The predicted octanol–water partition coefficient (Wildman–Crippen LogP) is 3.84. The van der Waals surface area contributed by atoms with Gasteiger partial charge in [-0.05, 0) is 30.5 Å². The lowest BCUT2D eigenvalue weighted by Gasteiger charge is -2.02. The summed E-state index contributed by atoms with van der Waals surface area (Å²) in [5.41, 5.74) is 5.96. The number of rotatable bonds is 4. The molecule has 23 heavy (non-hydrogen) atoms. The van der Waals surface area contributed by atoms with Crippen molar-refractivity contribution in [3.05, 3.63) is 72.2 Å². The van der Waals surface area contributed by atoms with E-state index >= 15 is 0 Å². The van der Waals surface area contributed by atoms with E-state index in [1.165, 1.54) is 11.3 Å². The Kier molecular flexibility index (Phi) is 3.64. The van der Waals surface area contributed by atoms with Crippen LogP contribution in [0, 0.1) is 0 Å². The van der Waals surface area contributed by atoms with Gasteiger partial charge in [0, 0.05) is 24.5 Å². The van der Waals surface area contributed by atoms with Crippen molar-refractivity contribution in [1.82, 2.24) is 15.0 Å². The Morgan fingerprint density at radius 2 is 1.83 bits per heavy atom. The molecule has 0 saturated heterocycles. The normalized spacial score (nSPS) is 13.9. The molecule has 4 heteroatoms. The molecule has 1 aliphatic heterocycles. The van der Waals surface area contributed by atoms with Crippen LogP contribution in [0.25, 0.3) is 16.9 Å². The average Bonchev–Trinajstić information content (AvgIpc) is 3.10. The number of allylic oxidation sites excluding steroid dienone is 1. The minimum atomic E-state index is 0.710. The first-order valence-electron chi connectivity index (χ1n) is 7.77. The number of aryl methyl sites for hydroxylation is 1. The van der Waals surface area contributed by atoms with Crippen LogP contribution in [-0.4, -0.2) is 20.7 Å². The summed E-state index contributed by atoms with van der Waals surface area (Å²) in [4.78, 5) is 18.0. The molecule has 0 N–H and O–H groups in total. The summed E-state index contributed by atoms with van der Waals surface area (Å²) in [5.74, 6) is 0. The van der Waals surface area contributed by atoms with Crippen molar-refractivity contribution in [3.63, 3.8) is 0 Å². The minimum absolute atomic E-state index is 0.710. The van der Waals surface area contributed by atoms with Crippen LogP contribution in [0.1, 0.15) is 24.1 Å². The van der Waals surface area contributed by atoms with E-state index in [4.69, 9.17) is 4.99 Å². The first-order chi connectivity index (χ1) is 11.4. The summed E-state index contributed by atoms with van der Waals surface area (Å²) in [6, 6.07) is 14.1. The molecule has 2 aromatic heterocycles. The third kappa shape index (κ3) is 3.01. The maximum atomic E-state index is 4.75. The molecule has 0 spiro atoms. The summed E-state index contributed by atoms with van der Waals surface area (Å²) < 4.78 is 0. The third-order valence-corrected chi connectivity index (χ3v) is 3.92. The van der Waals surface area contributed by atoms with Gasteiger partial charge in [-0.3, -0.25) is 9.98 Å². The molecule has 3 aromatic rings. The highest BCUT2D eigenvalue weighted by Gasteiger charge is 2.11. The van der Waals surface area contributed by atoms with Gasteiger partial charge in [0.25, 0.3) is 0 Å². The maximum Gasteiger partial charge on any atom is 0.178 e. The van der Waals surface area contributed by atoms with Gasteiger partial charge in [-0.25, -0.2) is 9.97 Å². The Labute approximate surface area is 134 Å². The Morgan fingerprint density at radius 3 is 2.74 bits per heavy atom. The van der Waals surface area contributed by atoms with Gasteiger partial charge in [0.2, 0.25) is 0 Å². The lowest BCUT2D eigenvalue weighted by molar-refractivity contribution is 0.954. The van der Waals surface area contributed by atoms with Crippen molar-refractivity contribution < 1.29 is 0 Å². The van der Waals surface area contributed by atoms with Crippen LogP contribution in [0.5, 0.6) is 0 Å². The van der Waals surface area contributed by atoms with Gasteiger partial charge in [-0.2, -0.15) is 0 Å². The number of benzene rings is 1. The summed E-state index contributed by atoms with van der Waals surface area (Å²) in [5, 5.41) is 0. The van der Waals surface area contributed by atoms with Crippen molar-refractivity contribution in [3.8, 4) is 0 Å². The molecule has 0 atom stereocenters. The SMILES string of the molecule is C1=C(c2ccccc2)N=C(CCc2cnc3cccnc3n2)C1. The van der Waals surface area contributed by atoms with E-state index in [1.807, 2.05) is 36.5 Å². The highest BCUT2D eigenvalue weighted by Crippen LogP contribution is 2.23. The zero-order valence-corrected chi connectivity index (χ0v) is 12.7. The number of hydrogen-bond acceptors (Lipinski definition) is 4. The van der Waals surface area contributed by atoms with Crippen molar-refractivity contribution in [2.45, 2.75) is 19.3 Å². The fraction of sp³-hybridized carbons (Fsp3) is 0.158. The molecular weight excluding hydrogens is 284 g/mol. The zero-order valence-electron chi connectivity index (χ0n) is 12.7. The number of fused-ring (bicyclic) bond motifs is 1. The fourth-order valence-corrected chi connectivity index (χ4v) is 2.70. The molecule has 0 unspecified atom stereocenters. The summed E-state index contributed by atoms with van der Waals surface area (Å²) in [7, 11) is 0. The van der Waals surface area contributed by atoms with Crippen LogP contribution in [0.2, 0.25) is 0 Å². The van der Waals surface area contributed by atoms with E-state index in [9.17, 15) is 0 Å². The topological polar surface area (TPSA) is 51.0 Å². The average molecular weight is 300 g/mol. The third-order valence-electron chi connectivity index (χ3n) is 3.92. The summed E-state index contributed by atoms with van der Waals surface area (Å²) >= 11 is 0. The van der Waals surface area contributed by atoms with Crippen molar-refractivity contribution in [2.75, 3.05) is 0 Å². The minimum Gasteiger partial charge on any atom is -0.257 e. The van der Waals surface area contributed by atoms with Gasteiger partial charge in [0.05, 0.1) is 11.4 Å². The van der Waals surface area contributed by atoms with Crippen molar-refractivity contribution in [2.24, 2.45) is 4.99 Å². The number of aliphatic imine (C=N–C) groups is 1. The molecule has 0 fully saturated rings. The van der Waals surface area contributed by atoms with Gasteiger partial charge in [0.1, 0.15) is 5.52 Å². The van der Waals surface area contributed by atoms with E-state index in [-0.39, 0.29) is 0 Å². The molecule has 0 amide bonds. The van der Waals surface area contributed by atoms with E-state index < -0.39 is 0 Å². The van der Waals surface area contributed by atoms with Gasteiger partial charge in [0.15, 0.2) is 5.65 Å². The molecule has 0 radical (unpaired) electrons. The highest BCUT2D eigenvalue weighted by molar-refractivity contribution is 5.95. The first-order valence-corrected chi connectivity index (χ1v) is 7.77. The summed E-state index contributed by atoms with van der Waals surface area (Å²) in [6.45, 7) is 0. The second-order valence-corrected chi connectivity index (χ2v) is 5.55. The lowest BCUT2D eigenvalue weighted by Crippen LogP contribution is -2.00. The summed E-state index contributed by atoms with van der Waals surface area (Å²) in [6.07, 6.45) is 8.44. The van der Waals surface area contributed by atoms with Crippen LogP contribution in [-0.2, 0) is 6.42 Å². The quantitative estimate of drug-likeness (QED) is 0.735. The first kappa shape index (κ1) is 13.8. The number of hydrogen-bond donors (Lipinski definition) is 0. The second-order valence-electron chi connectivity index (χ2n) is 5.55. The molecule has 0 saturated carbocycles. The van der Waals surface area contributed by atoms with Crippen LogP contribution < -0.4 is 0 Å². The predicted molar refractivity (Wildman–Crippen MR) is 92.1 cm³/mol. The Hall–Kier alpha value is -2.88. The van der Waals surface area contributed by atoms with E-state index in [0.717, 1.165) is 36.2 Å². The lowest BCUT2D eigenvalue weighted by atomic mass is 10.1. The fourth-order valence-electron chi connectivity index (χ4n) is 2.70. The van der Waals surface area contributed by atoms with Crippen LogP contribution in [0.4, 0.5) is 0 Å². The molecule has 4 rings (SSSR count). The standard InChI is InChI=1S/C19H16N4/c1-2-5-14(6-3-1)17-11-10-15(22-17)8-9-16-13-21-18-7-4-12-20-19(18)23-16/h1-7,11-13H,8-10H2. The number of pyridine rings is 1. The molecule has 0 bridgehead atoms. The molecule has 1 aromatic carbocycles. The van der Waals surface area contributed by atoms with E-state index in [2.05, 4.69) is 33.2 Å². The van der Waals surface area contributed by atoms with E-state index in [0.29, 0.717) is 5.65 Å². The highest BCUT2D eigenvalue weighted by atomic mass is 14.9. The van der Waals surface area contributed by atoms with Crippen molar-refractivity contribution >= 4 is 22.6 Å². The largest absolute Gasteiger partial charge is 0.257 e. The Bertz CT molecular complexity index is 897. The molecule has 1 aliphatic rings.